The Bertz CT molecular complexity index is 387. The molecule has 0 spiro atoms. The number of benzene rings is 1. The third-order valence-electron chi connectivity index (χ3n) is 1.92. The maximum Gasteiger partial charge on any atom is 0.356 e. The summed E-state index contributed by atoms with van der Waals surface area (Å²) in [6.07, 6.45) is 0.215. The van der Waals surface area contributed by atoms with Crippen LogP contribution in [0.4, 0.5) is 0 Å². The Balaban J connectivity index is 2.71. The van der Waals surface area contributed by atoms with E-state index in [-0.39, 0.29) is 18.7 Å². The molecule has 0 aliphatic carbocycles. The molecule has 0 aliphatic heterocycles. The maximum atomic E-state index is 11.3. The highest BCUT2D eigenvalue weighted by Gasteiger charge is 2.13. The lowest BCUT2D eigenvalue weighted by Crippen LogP contribution is -2.19. The monoisotopic (exact) mass is 241 g/mol. The lowest BCUT2D eigenvalue weighted by Gasteiger charge is -2.04. The summed E-state index contributed by atoms with van der Waals surface area (Å²) in [5.41, 5.74) is 0.800. The molecule has 4 nitrogen and oxygen atoms in total. The van der Waals surface area contributed by atoms with Gasteiger partial charge in [0.05, 0.1) is 6.61 Å². The second-order valence-corrected chi connectivity index (χ2v) is 3.51. The summed E-state index contributed by atoms with van der Waals surface area (Å²) in [6, 6.07) is 6.92. The van der Waals surface area contributed by atoms with Gasteiger partial charge < -0.3 is 9.94 Å². The molecule has 0 aliphatic rings. The first-order valence-corrected chi connectivity index (χ1v) is 5.17. The minimum absolute atomic E-state index is 0.0239. The number of esters is 1. The third-order valence-corrected chi connectivity index (χ3v) is 2.17. The molecule has 0 amide bonds. The van der Waals surface area contributed by atoms with Crippen molar-refractivity contribution >= 4 is 23.3 Å². The molecule has 0 bridgehead atoms. The van der Waals surface area contributed by atoms with Crippen LogP contribution in [0.3, 0.4) is 0 Å². The van der Waals surface area contributed by atoms with Gasteiger partial charge in [-0.2, -0.15) is 0 Å². The average molecular weight is 242 g/mol. The summed E-state index contributed by atoms with van der Waals surface area (Å²) in [5, 5.41) is 12.2. The van der Waals surface area contributed by atoms with E-state index in [4.69, 9.17) is 21.5 Å². The van der Waals surface area contributed by atoms with Gasteiger partial charge in [-0.05, 0) is 24.6 Å². The summed E-state index contributed by atoms with van der Waals surface area (Å²) in [5.74, 6) is -0.611. The molecule has 0 radical (unpaired) electrons. The average Bonchev–Trinajstić information content (AvgIpc) is 2.28. The quantitative estimate of drug-likeness (QED) is 0.381. The lowest BCUT2D eigenvalue weighted by atomic mass is 10.1. The number of oxime groups is 1. The number of halogens is 1. The number of nitrogens with zero attached hydrogens (tertiary/aromatic N) is 1. The molecular formula is C11H12ClNO3. The number of carbonyl (C=O) groups excluding carboxylic acids is 1. The molecule has 16 heavy (non-hydrogen) atoms. The van der Waals surface area contributed by atoms with Gasteiger partial charge >= 0.3 is 5.97 Å². The normalized spacial score (nSPS) is 11.2. The van der Waals surface area contributed by atoms with Gasteiger partial charge in [-0.3, -0.25) is 0 Å². The molecule has 5 heteroatoms. The standard InChI is InChI=1S/C11H12ClNO3/c1-2-16-11(14)10(13-15)7-8-3-5-9(12)6-4-8/h3-6,15H,2,7H2,1H3. The van der Waals surface area contributed by atoms with Crippen LogP contribution < -0.4 is 0 Å². The van der Waals surface area contributed by atoms with Gasteiger partial charge in [0.2, 0.25) is 0 Å². The fraction of sp³-hybridized carbons (Fsp3) is 0.273. The topological polar surface area (TPSA) is 58.9 Å². The van der Waals surface area contributed by atoms with Crippen molar-refractivity contribution in [2.75, 3.05) is 6.61 Å². The molecule has 1 aromatic carbocycles. The van der Waals surface area contributed by atoms with Crippen LogP contribution in [0.2, 0.25) is 5.02 Å². The molecule has 0 saturated carbocycles. The third kappa shape index (κ3) is 3.55. The molecule has 0 unspecified atom stereocenters. The van der Waals surface area contributed by atoms with Crippen molar-refractivity contribution in [3.8, 4) is 0 Å². The molecule has 0 heterocycles. The number of ether oxygens (including phenoxy) is 1. The van der Waals surface area contributed by atoms with Crippen molar-refractivity contribution in [1.82, 2.24) is 0 Å². The van der Waals surface area contributed by atoms with E-state index in [1.165, 1.54) is 0 Å². The maximum absolute atomic E-state index is 11.3. The van der Waals surface area contributed by atoms with Gasteiger partial charge in [0.25, 0.3) is 0 Å². The van der Waals surface area contributed by atoms with Crippen molar-refractivity contribution in [1.29, 1.82) is 0 Å². The summed E-state index contributed by atoms with van der Waals surface area (Å²) in [6.45, 7) is 1.94. The molecule has 1 rings (SSSR count). The Morgan fingerprint density at radius 1 is 1.44 bits per heavy atom. The van der Waals surface area contributed by atoms with Crippen LogP contribution in [0.15, 0.2) is 29.4 Å². The van der Waals surface area contributed by atoms with Gasteiger partial charge in [0, 0.05) is 11.4 Å². The Hall–Kier alpha value is -1.55. The molecule has 0 saturated heterocycles. The minimum atomic E-state index is -0.611. The zero-order valence-electron chi connectivity index (χ0n) is 8.81. The van der Waals surface area contributed by atoms with E-state index in [0.29, 0.717) is 5.02 Å². The molecule has 0 fully saturated rings. The van der Waals surface area contributed by atoms with Crippen LogP contribution in [0, 0.1) is 0 Å². The van der Waals surface area contributed by atoms with Gasteiger partial charge in [-0.25, -0.2) is 4.79 Å². The summed E-state index contributed by atoms with van der Waals surface area (Å²) in [7, 11) is 0. The Labute approximate surface area is 98.5 Å². The molecular weight excluding hydrogens is 230 g/mol. The van der Waals surface area contributed by atoms with Gasteiger partial charge in [0.1, 0.15) is 0 Å². The van der Waals surface area contributed by atoms with Gasteiger partial charge in [-0.15, -0.1) is 0 Å². The SMILES string of the molecule is CCOC(=O)C(Cc1ccc(Cl)cc1)=NO. The first-order valence-electron chi connectivity index (χ1n) is 4.80. The van der Waals surface area contributed by atoms with E-state index < -0.39 is 5.97 Å². The summed E-state index contributed by atoms with van der Waals surface area (Å²) < 4.78 is 4.74. The van der Waals surface area contributed by atoms with Crippen molar-refractivity contribution in [2.24, 2.45) is 5.16 Å². The van der Waals surface area contributed by atoms with E-state index >= 15 is 0 Å². The zero-order chi connectivity index (χ0) is 12.0. The van der Waals surface area contributed by atoms with Crippen molar-refractivity contribution in [3.63, 3.8) is 0 Å². The minimum Gasteiger partial charge on any atom is -0.461 e. The Kier molecular flexibility index (Phi) is 4.79. The van der Waals surface area contributed by atoms with Crippen molar-refractivity contribution in [3.05, 3.63) is 34.9 Å². The summed E-state index contributed by atoms with van der Waals surface area (Å²) >= 11 is 5.72. The van der Waals surface area contributed by atoms with Crippen LogP contribution >= 0.6 is 11.6 Å². The zero-order valence-corrected chi connectivity index (χ0v) is 9.57. The Morgan fingerprint density at radius 3 is 2.56 bits per heavy atom. The van der Waals surface area contributed by atoms with Crippen LogP contribution in [0.5, 0.6) is 0 Å². The smallest absolute Gasteiger partial charge is 0.356 e. The second-order valence-electron chi connectivity index (χ2n) is 3.07. The highest BCUT2D eigenvalue weighted by molar-refractivity contribution is 6.36. The molecule has 1 N–H and O–H groups in total. The fourth-order valence-corrected chi connectivity index (χ4v) is 1.28. The van der Waals surface area contributed by atoms with Crippen molar-refractivity contribution in [2.45, 2.75) is 13.3 Å². The molecule has 86 valence electrons. The van der Waals surface area contributed by atoms with Crippen LogP contribution in [-0.4, -0.2) is 23.5 Å². The van der Waals surface area contributed by atoms with E-state index in [9.17, 15) is 4.79 Å². The summed E-state index contributed by atoms with van der Waals surface area (Å²) in [4.78, 5) is 11.3. The highest BCUT2D eigenvalue weighted by Crippen LogP contribution is 2.10. The fourth-order valence-electron chi connectivity index (χ4n) is 1.16. The lowest BCUT2D eigenvalue weighted by molar-refractivity contribution is -0.135. The predicted molar refractivity (Wildman–Crippen MR) is 61.0 cm³/mol. The molecule has 0 aromatic heterocycles. The van der Waals surface area contributed by atoms with E-state index in [0.717, 1.165) is 5.56 Å². The van der Waals surface area contributed by atoms with Crippen LogP contribution in [0.1, 0.15) is 12.5 Å². The van der Waals surface area contributed by atoms with Crippen molar-refractivity contribution < 1.29 is 14.7 Å². The van der Waals surface area contributed by atoms with Gasteiger partial charge in [-0.1, -0.05) is 28.9 Å². The number of hydrogen-bond acceptors (Lipinski definition) is 4. The van der Waals surface area contributed by atoms with Crippen LogP contribution in [0.25, 0.3) is 0 Å². The number of carbonyl (C=O) groups is 1. The molecule has 0 atom stereocenters. The van der Waals surface area contributed by atoms with E-state index in [2.05, 4.69) is 5.16 Å². The first kappa shape index (κ1) is 12.5. The number of rotatable bonds is 4. The largest absolute Gasteiger partial charge is 0.461 e. The first-order chi connectivity index (χ1) is 7.67. The van der Waals surface area contributed by atoms with Crippen LogP contribution in [-0.2, 0) is 16.0 Å². The van der Waals surface area contributed by atoms with E-state index in [1.807, 2.05) is 0 Å². The predicted octanol–water partition coefficient (Wildman–Crippen LogP) is 2.28. The molecule has 1 aromatic rings. The Morgan fingerprint density at radius 2 is 2.06 bits per heavy atom. The number of hydrogen-bond donors (Lipinski definition) is 1. The highest BCUT2D eigenvalue weighted by atomic mass is 35.5. The second kappa shape index (κ2) is 6.12. The van der Waals surface area contributed by atoms with E-state index in [1.54, 1.807) is 31.2 Å². The van der Waals surface area contributed by atoms with Gasteiger partial charge in [0.15, 0.2) is 5.71 Å².